The molecule has 0 radical (unpaired) electrons. The molecule has 26 heavy (non-hydrogen) atoms. The number of hydrogen-bond acceptors (Lipinski definition) is 3. The van der Waals surface area contributed by atoms with E-state index in [1.165, 1.54) is 18.2 Å². The van der Waals surface area contributed by atoms with E-state index in [9.17, 15) is 18.0 Å². The van der Waals surface area contributed by atoms with Gasteiger partial charge < -0.3 is 14.8 Å². The molecule has 0 fully saturated rings. The molecule has 0 spiro atoms. The van der Waals surface area contributed by atoms with Gasteiger partial charge in [0.15, 0.2) is 11.5 Å². The molecule has 138 valence electrons. The van der Waals surface area contributed by atoms with Crippen LogP contribution in [0, 0.1) is 6.92 Å². The van der Waals surface area contributed by atoms with Crippen molar-refractivity contribution in [1.82, 2.24) is 10.6 Å². The maximum Gasteiger partial charge on any atom is 0.492 e. The van der Waals surface area contributed by atoms with E-state index >= 15 is 0 Å². The second kappa shape index (κ2) is 6.60. The highest BCUT2D eigenvalue weighted by Gasteiger charge is 2.65. The van der Waals surface area contributed by atoms with Crippen LogP contribution in [0.15, 0.2) is 42.5 Å². The van der Waals surface area contributed by atoms with Crippen molar-refractivity contribution >= 4 is 17.6 Å². The Kier molecular flexibility index (Phi) is 4.62. The molecule has 1 aliphatic rings. The quantitative estimate of drug-likeness (QED) is 0.833. The largest absolute Gasteiger partial charge is 0.492 e. The average molecular weight is 387 g/mol. The van der Waals surface area contributed by atoms with Crippen molar-refractivity contribution in [2.45, 2.75) is 25.6 Å². The summed E-state index contributed by atoms with van der Waals surface area (Å²) in [4.78, 5) is 12.0. The number of hydrogen-bond donors (Lipinski definition) is 2. The van der Waals surface area contributed by atoms with Gasteiger partial charge in [0.05, 0.1) is 0 Å². The first kappa shape index (κ1) is 18.2. The van der Waals surface area contributed by atoms with Crippen LogP contribution < -0.4 is 20.1 Å². The van der Waals surface area contributed by atoms with Gasteiger partial charge >= 0.3 is 18.1 Å². The lowest BCUT2D eigenvalue weighted by Crippen LogP contribution is -2.66. The molecular weight excluding hydrogens is 373 g/mol. The number of benzene rings is 2. The highest BCUT2D eigenvalue weighted by atomic mass is 35.5. The lowest BCUT2D eigenvalue weighted by molar-refractivity contribution is -0.317. The molecule has 1 aliphatic heterocycles. The second-order valence-corrected chi connectivity index (χ2v) is 6.14. The van der Waals surface area contributed by atoms with Crippen LogP contribution in [0.4, 0.5) is 18.0 Å². The molecule has 2 N–H and O–H groups in total. The topological polar surface area (TPSA) is 59.6 Å². The number of urea groups is 1. The van der Waals surface area contributed by atoms with Crippen LogP contribution in [0.25, 0.3) is 0 Å². The lowest BCUT2D eigenvalue weighted by atomic mass is 10.1. The fraction of sp³-hybridized carbons (Fsp3) is 0.235. The van der Waals surface area contributed by atoms with E-state index in [4.69, 9.17) is 21.1 Å². The smallest absolute Gasteiger partial charge is 0.424 e. The van der Waals surface area contributed by atoms with Crippen LogP contribution in [0.2, 0.25) is 5.02 Å². The first-order valence-corrected chi connectivity index (χ1v) is 7.92. The van der Waals surface area contributed by atoms with Gasteiger partial charge in [-0.3, -0.25) is 5.32 Å². The Balaban J connectivity index is 1.72. The summed E-state index contributed by atoms with van der Waals surface area (Å²) < 4.78 is 50.3. The molecule has 0 aromatic heterocycles. The first-order valence-electron chi connectivity index (χ1n) is 7.54. The van der Waals surface area contributed by atoms with Crippen molar-refractivity contribution in [3.63, 3.8) is 0 Å². The Morgan fingerprint density at radius 2 is 1.77 bits per heavy atom. The van der Waals surface area contributed by atoms with E-state index in [2.05, 4.69) is 5.32 Å². The Morgan fingerprint density at radius 3 is 2.42 bits per heavy atom. The monoisotopic (exact) mass is 386 g/mol. The van der Waals surface area contributed by atoms with Crippen molar-refractivity contribution in [1.29, 1.82) is 0 Å². The predicted octanol–water partition coefficient (Wildman–Crippen LogP) is 4.14. The summed E-state index contributed by atoms with van der Waals surface area (Å²) in [7, 11) is 0. The fourth-order valence-electron chi connectivity index (χ4n) is 2.30. The summed E-state index contributed by atoms with van der Waals surface area (Å²) in [5.41, 5.74) is 1.76. The molecule has 0 aliphatic carbocycles. The summed E-state index contributed by atoms with van der Waals surface area (Å²) in [5, 5.41) is 4.24. The number of nitrogens with one attached hydrogen (secondary N) is 2. The molecular formula is C17H14ClF3N2O3. The van der Waals surface area contributed by atoms with Crippen LogP contribution in [0.5, 0.6) is 11.5 Å². The van der Waals surface area contributed by atoms with Gasteiger partial charge in [0.2, 0.25) is 0 Å². The lowest BCUT2D eigenvalue weighted by Gasteiger charge is -2.29. The van der Waals surface area contributed by atoms with Crippen molar-refractivity contribution in [3.8, 4) is 11.5 Å². The van der Waals surface area contributed by atoms with Gasteiger partial charge in [-0.1, -0.05) is 41.4 Å². The number of amides is 2. The minimum atomic E-state index is -5.03. The molecule has 2 amide bonds. The molecule has 0 unspecified atom stereocenters. The van der Waals surface area contributed by atoms with E-state index in [1.54, 1.807) is 17.4 Å². The molecule has 1 atom stereocenters. The number of halogens is 4. The number of carbonyl (C=O) groups excluding carboxylic acids is 1. The molecule has 2 aromatic carbocycles. The summed E-state index contributed by atoms with van der Waals surface area (Å²) in [5.74, 6) is -3.71. The first-order chi connectivity index (χ1) is 12.2. The van der Waals surface area contributed by atoms with Crippen molar-refractivity contribution in [2.24, 2.45) is 0 Å². The number of carbonyl (C=O) groups is 1. The number of rotatable bonds is 3. The standard InChI is InChI=1S/C17H14ClF3N2O3/c1-10-2-4-11(5-3-10)9-22-15(24)23-17(16(19,20)21)25-13-7-6-12(18)8-14(13)26-17/h2-8H,9H2,1H3,(H2,22,23,24)/t17-/m0/s1. The second-order valence-electron chi connectivity index (χ2n) is 5.70. The van der Waals surface area contributed by atoms with Gasteiger partial charge in [-0.2, -0.15) is 13.2 Å². The summed E-state index contributed by atoms with van der Waals surface area (Å²) in [6.07, 6.45) is -5.03. The zero-order chi connectivity index (χ0) is 18.9. The van der Waals surface area contributed by atoms with Crippen molar-refractivity contribution in [3.05, 3.63) is 58.6 Å². The van der Waals surface area contributed by atoms with Gasteiger partial charge in [0.1, 0.15) is 0 Å². The minimum absolute atomic E-state index is 0.0405. The molecule has 0 saturated carbocycles. The van der Waals surface area contributed by atoms with Crippen LogP contribution in [-0.2, 0) is 6.54 Å². The Morgan fingerprint density at radius 1 is 1.12 bits per heavy atom. The van der Waals surface area contributed by atoms with E-state index in [0.717, 1.165) is 11.1 Å². The van der Waals surface area contributed by atoms with Gasteiger partial charge in [-0.25, -0.2) is 4.79 Å². The number of fused-ring (bicyclic) bond motifs is 1. The van der Waals surface area contributed by atoms with Crippen molar-refractivity contribution < 1.29 is 27.4 Å². The van der Waals surface area contributed by atoms with Crippen LogP contribution in [0.1, 0.15) is 11.1 Å². The molecule has 1 heterocycles. The van der Waals surface area contributed by atoms with E-state index in [-0.39, 0.29) is 23.1 Å². The van der Waals surface area contributed by atoms with Gasteiger partial charge in [-0.05, 0) is 24.6 Å². The van der Waals surface area contributed by atoms with Crippen LogP contribution in [0.3, 0.4) is 0 Å². The van der Waals surface area contributed by atoms with Crippen LogP contribution >= 0.6 is 11.6 Å². The summed E-state index contributed by atoms with van der Waals surface area (Å²) >= 11 is 5.75. The zero-order valence-corrected chi connectivity index (χ0v) is 14.2. The molecule has 5 nitrogen and oxygen atoms in total. The molecule has 9 heteroatoms. The number of ether oxygens (including phenoxy) is 2. The van der Waals surface area contributed by atoms with E-state index in [0.29, 0.717) is 0 Å². The Hall–Kier alpha value is -2.61. The predicted molar refractivity (Wildman–Crippen MR) is 88.0 cm³/mol. The van der Waals surface area contributed by atoms with Crippen LogP contribution in [-0.4, -0.2) is 18.1 Å². The highest BCUT2D eigenvalue weighted by Crippen LogP contribution is 2.46. The molecule has 0 saturated heterocycles. The van der Waals surface area contributed by atoms with E-state index < -0.39 is 18.1 Å². The molecule has 0 bridgehead atoms. The summed E-state index contributed by atoms with van der Waals surface area (Å²) in [6, 6.07) is 9.85. The third-order valence-electron chi connectivity index (χ3n) is 3.64. The molecule has 2 aromatic rings. The average Bonchev–Trinajstić information content (AvgIpc) is 2.92. The maximum absolute atomic E-state index is 13.5. The van der Waals surface area contributed by atoms with Gasteiger partial charge in [0, 0.05) is 17.6 Å². The Bertz CT molecular complexity index is 827. The normalized spacial score (nSPS) is 18.5. The SMILES string of the molecule is Cc1ccc(CNC(=O)N[C@@]2(C(F)(F)F)Oc3ccc(Cl)cc3O2)cc1. The van der Waals surface area contributed by atoms with Gasteiger partial charge in [0.25, 0.3) is 0 Å². The number of alkyl halides is 3. The minimum Gasteiger partial charge on any atom is -0.424 e. The summed E-state index contributed by atoms with van der Waals surface area (Å²) in [6.45, 7) is 1.94. The highest BCUT2D eigenvalue weighted by molar-refractivity contribution is 6.30. The fourth-order valence-corrected chi connectivity index (χ4v) is 2.46. The third-order valence-corrected chi connectivity index (χ3v) is 3.87. The van der Waals surface area contributed by atoms with Crippen molar-refractivity contribution in [2.75, 3.05) is 0 Å². The van der Waals surface area contributed by atoms with Gasteiger partial charge in [-0.15, -0.1) is 0 Å². The third kappa shape index (κ3) is 3.65. The Labute approximate surface area is 152 Å². The zero-order valence-electron chi connectivity index (χ0n) is 13.5. The number of aryl methyl sites for hydroxylation is 1. The maximum atomic E-state index is 13.5. The van der Waals surface area contributed by atoms with E-state index in [1.807, 2.05) is 19.1 Å². The molecule has 3 rings (SSSR count).